The number of rotatable bonds is 2. The first-order valence-corrected chi connectivity index (χ1v) is 5.93. The van der Waals surface area contributed by atoms with Crippen molar-refractivity contribution in [3.63, 3.8) is 0 Å². The van der Waals surface area contributed by atoms with Crippen molar-refractivity contribution in [3.8, 4) is 0 Å². The van der Waals surface area contributed by atoms with E-state index in [0.717, 1.165) is 10.9 Å². The van der Waals surface area contributed by atoms with Crippen molar-refractivity contribution in [1.29, 1.82) is 0 Å². The van der Waals surface area contributed by atoms with Crippen LogP contribution in [0.1, 0.15) is 10.4 Å². The summed E-state index contributed by atoms with van der Waals surface area (Å²) in [5.41, 5.74) is 1.32. The maximum atomic E-state index is 12.4. The maximum Gasteiger partial charge on any atom is 0.196 e. The molecule has 0 spiro atoms. The van der Waals surface area contributed by atoms with Gasteiger partial charge in [-0.15, -0.1) is 0 Å². The van der Waals surface area contributed by atoms with E-state index in [2.05, 4.69) is 4.98 Å². The van der Waals surface area contributed by atoms with Gasteiger partial charge in [-0.05, 0) is 12.1 Å². The van der Waals surface area contributed by atoms with Crippen LogP contribution in [-0.4, -0.2) is 36.7 Å². The summed E-state index contributed by atoms with van der Waals surface area (Å²) >= 11 is 0. The number of fused-ring (bicyclic) bond motifs is 1. The summed E-state index contributed by atoms with van der Waals surface area (Å²) in [7, 11) is 0. The number of carbonyl (C=O) groups is 1. The van der Waals surface area contributed by atoms with Crippen molar-refractivity contribution < 1.29 is 14.3 Å². The Kier molecular flexibility index (Phi) is 3.04. The molecule has 18 heavy (non-hydrogen) atoms. The molecule has 4 heteroatoms. The van der Waals surface area contributed by atoms with Crippen LogP contribution in [0.4, 0.5) is 0 Å². The van der Waals surface area contributed by atoms with Gasteiger partial charge in [-0.2, -0.15) is 0 Å². The molecule has 0 radical (unpaired) electrons. The number of hydrogen-bond acceptors (Lipinski definition) is 4. The van der Waals surface area contributed by atoms with Crippen LogP contribution in [0.2, 0.25) is 0 Å². The van der Waals surface area contributed by atoms with Gasteiger partial charge >= 0.3 is 0 Å². The fraction of sp³-hybridized carbons (Fsp3) is 0.286. The van der Waals surface area contributed by atoms with Crippen LogP contribution < -0.4 is 0 Å². The minimum atomic E-state index is -0.508. The van der Waals surface area contributed by atoms with E-state index in [1.54, 1.807) is 12.3 Å². The van der Waals surface area contributed by atoms with Gasteiger partial charge in [0.15, 0.2) is 5.78 Å². The summed E-state index contributed by atoms with van der Waals surface area (Å²) in [6.07, 6.45) is 1.18. The van der Waals surface area contributed by atoms with Crippen LogP contribution in [0.5, 0.6) is 0 Å². The fourth-order valence-corrected chi connectivity index (χ4v) is 2.12. The van der Waals surface area contributed by atoms with Gasteiger partial charge in [-0.25, -0.2) is 0 Å². The van der Waals surface area contributed by atoms with E-state index in [-0.39, 0.29) is 5.78 Å². The number of para-hydroxylation sites is 1. The Morgan fingerprint density at radius 2 is 2.11 bits per heavy atom. The molecule has 3 rings (SSSR count). The predicted molar refractivity (Wildman–Crippen MR) is 66.6 cm³/mol. The molecule has 1 unspecified atom stereocenters. The SMILES string of the molecule is O=C(c1cccc2cccnc12)C1COCCO1. The van der Waals surface area contributed by atoms with Gasteiger partial charge in [-0.3, -0.25) is 9.78 Å². The monoisotopic (exact) mass is 243 g/mol. The Labute approximate surface area is 105 Å². The van der Waals surface area contributed by atoms with E-state index >= 15 is 0 Å². The number of Topliss-reactive ketones (excluding diaryl/α,β-unsaturated/α-hetero) is 1. The third kappa shape index (κ3) is 2.00. The lowest BCUT2D eigenvalue weighted by Crippen LogP contribution is -2.35. The molecule has 0 aliphatic carbocycles. The zero-order valence-electron chi connectivity index (χ0n) is 9.83. The summed E-state index contributed by atoms with van der Waals surface area (Å²) in [5.74, 6) is -0.0565. The Bertz CT molecular complexity index is 571. The number of benzene rings is 1. The number of pyridine rings is 1. The van der Waals surface area contributed by atoms with Crippen molar-refractivity contribution in [2.75, 3.05) is 19.8 Å². The van der Waals surface area contributed by atoms with Crippen molar-refractivity contribution in [3.05, 3.63) is 42.1 Å². The molecule has 1 aliphatic heterocycles. The summed E-state index contributed by atoms with van der Waals surface area (Å²) in [6.45, 7) is 1.34. The Hall–Kier alpha value is -1.78. The van der Waals surface area contributed by atoms with Crippen LogP contribution in [0.15, 0.2) is 36.5 Å². The number of ether oxygens (including phenoxy) is 2. The number of aromatic nitrogens is 1. The third-order valence-electron chi connectivity index (χ3n) is 3.01. The highest BCUT2D eigenvalue weighted by molar-refractivity contribution is 6.08. The Morgan fingerprint density at radius 3 is 2.94 bits per heavy atom. The van der Waals surface area contributed by atoms with Crippen LogP contribution in [0.3, 0.4) is 0 Å². The van der Waals surface area contributed by atoms with E-state index in [0.29, 0.717) is 25.4 Å². The average Bonchev–Trinajstić information content (AvgIpc) is 2.47. The van der Waals surface area contributed by atoms with Crippen molar-refractivity contribution in [2.45, 2.75) is 6.10 Å². The van der Waals surface area contributed by atoms with E-state index in [1.807, 2.05) is 24.3 Å². The second kappa shape index (κ2) is 4.84. The molecule has 1 aliphatic rings. The van der Waals surface area contributed by atoms with Crippen molar-refractivity contribution in [1.82, 2.24) is 4.98 Å². The molecule has 2 aromatic rings. The van der Waals surface area contributed by atoms with Gasteiger partial charge in [0.25, 0.3) is 0 Å². The first kappa shape index (κ1) is 11.3. The van der Waals surface area contributed by atoms with Gasteiger partial charge in [0, 0.05) is 17.1 Å². The lowest BCUT2D eigenvalue weighted by Gasteiger charge is -2.22. The summed E-state index contributed by atoms with van der Waals surface area (Å²) < 4.78 is 10.7. The first-order valence-electron chi connectivity index (χ1n) is 5.93. The fourth-order valence-electron chi connectivity index (χ4n) is 2.12. The Balaban J connectivity index is 2.00. The average molecular weight is 243 g/mol. The minimum absolute atomic E-state index is 0.0565. The molecule has 0 N–H and O–H groups in total. The van der Waals surface area contributed by atoms with Crippen LogP contribution in [0.25, 0.3) is 10.9 Å². The molecular weight excluding hydrogens is 230 g/mol. The van der Waals surface area contributed by atoms with E-state index < -0.39 is 6.10 Å². The van der Waals surface area contributed by atoms with Crippen LogP contribution in [0, 0.1) is 0 Å². The predicted octanol–water partition coefficient (Wildman–Crippen LogP) is 1.83. The molecule has 0 amide bonds. The normalized spacial score (nSPS) is 19.9. The number of carbonyl (C=O) groups excluding carboxylic acids is 1. The van der Waals surface area contributed by atoms with Crippen LogP contribution in [-0.2, 0) is 9.47 Å². The van der Waals surface area contributed by atoms with Crippen molar-refractivity contribution in [2.24, 2.45) is 0 Å². The maximum absolute atomic E-state index is 12.4. The zero-order valence-corrected chi connectivity index (χ0v) is 9.83. The number of nitrogens with zero attached hydrogens (tertiary/aromatic N) is 1. The zero-order chi connectivity index (χ0) is 12.4. The minimum Gasteiger partial charge on any atom is -0.376 e. The molecular formula is C14H13NO3. The number of hydrogen-bond donors (Lipinski definition) is 0. The van der Waals surface area contributed by atoms with Crippen LogP contribution >= 0.6 is 0 Å². The summed E-state index contributed by atoms with van der Waals surface area (Å²) in [5, 5.41) is 0.958. The molecule has 1 atom stereocenters. The lowest BCUT2D eigenvalue weighted by molar-refractivity contribution is -0.0718. The second-order valence-corrected chi connectivity index (χ2v) is 4.18. The molecule has 2 heterocycles. The topological polar surface area (TPSA) is 48.4 Å². The largest absolute Gasteiger partial charge is 0.376 e. The van der Waals surface area contributed by atoms with E-state index in [9.17, 15) is 4.79 Å². The second-order valence-electron chi connectivity index (χ2n) is 4.18. The van der Waals surface area contributed by atoms with Gasteiger partial charge in [0.05, 0.1) is 25.3 Å². The molecule has 1 fully saturated rings. The molecule has 0 saturated carbocycles. The highest BCUT2D eigenvalue weighted by atomic mass is 16.6. The van der Waals surface area contributed by atoms with Gasteiger partial charge in [0.1, 0.15) is 6.10 Å². The Morgan fingerprint density at radius 1 is 1.22 bits per heavy atom. The highest BCUT2D eigenvalue weighted by Crippen LogP contribution is 2.19. The molecule has 1 aromatic heterocycles. The standard InChI is InChI=1S/C14H13NO3/c16-14(12-9-17-7-8-18-12)11-5-1-3-10-4-2-6-15-13(10)11/h1-6,12H,7-9H2. The molecule has 1 saturated heterocycles. The van der Waals surface area contributed by atoms with Gasteiger partial charge < -0.3 is 9.47 Å². The molecule has 1 aromatic carbocycles. The number of ketones is 1. The first-order chi connectivity index (χ1) is 8.86. The summed E-state index contributed by atoms with van der Waals surface area (Å²) in [6, 6.07) is 9.39. The highest BCUT2D eigenvalue weighted by Gasteiger charge is 2.25. The van der Waals surface area contributed by atoms with E-state index in [1.165, 1.54) is 0 Å². The van der Waals surface area contributed by atoms with Gasteiger partial charge in [-0.1, -0.05) is 18.2 Å². The molecule has 4 nitrogen and oxygen atoms in total. The van der Waals surface area contributed by atoms with E-state index in [4.69, 9.17) is 9.47 Å². The molecule has 0 bridgehead atoms. The quantitative estimate of drug-likeness (QED) is 0.755. The van der Waals surface area contributed by atoms with Gasteiger partial charge in [0.2, 0.25) is 0 Å². The smallest absolute Gasteiger partial charge is 0.196 e. The van der Waals surface area contributed by atoms with Crippen molar-refractivity contribution >= 4 is 16.7 Å². The third-order valence-corrected chi connectivity index (χ3v) is 3.01. The summed E-state index contributed by atoms with van der Waals surface area (Å²) in [4.78, 5) is 16.6. The lowest BCUT2D eigenvalue weighted by atomic mass is 10.0. The molecule has 92 valence electrons.